The Labute approximate surface area is 163 Å². The van der Waals surface area contributed by atoms with Crippen LogP contribution in [-0.4, -0.2) is 26.8 Å². The highest BCUT2D eigenvalue weighted by Gasteiger charge is 2.13. The largest absolute Gasteiger partial charge is 0.494 e. The molecule has 2 aromatic carbocycles. The van der Waals surface area contributed by atoms with E-state index in [0.717, 1.165) is 6.21 Å². The molecule has 0 bridgehead atoms. The second-order valence-electron chi connectivity index (χ2n) is 5.37. The van der Waals surface area contributed by atoms with Gasteiger partial charge in [0.15, 0.2) is 4.77 Å². The Hall–Kier alpha value is -3.23. The van der Waals surface area contributed by atoms with Crippen LogP contribution >= 0.6 is 23.8 Å². The molecule has 0 aliphatic heterocycles. The molecule has 1 heterocycles. The number of halogens is 1. The Balaban J connectivity index is 1.93. The molecule has 3 rings (SSSR count). The average molecular weight is 401 g/mol. The number of aromatic amines is 1. The standard InChI is InChI=1S/C18H13ClN4O3S/c19-12-6-8-13(9-7-12)23-17(26)14(16(25)21-18(23)27)10-20-22-15(24)11-4-2-1-3-5-11/h1-10,26H,(H,22,24)(H,21,25,27). The number of amides is 1. The van der Waals surface area contributed by atoms with E-state index >= 15 is 0 Å². The maximum atomic E-state index is 12.1. The molecule has 1 amide bonds. The van der Waals surface area contributed by atoms with Gasteiger partial charge in [0.2, 0.25) is 5.88 Å². The SMILES string of the molecule is O=C(NN=Cc1c(O)n(-c2ccc(Cl)cc2)c(=S)[nH]c1=O)c1ccccc1. The smallest absolute Gasteiger partial charge is 0.271 e. The minimum absolute atomic E-state index is 0.00490. The fraction of sp³-hybridized carbons (Fsp3) is 0. The van der Waals surface area contributed by atoms with E-state index in [0.29, 0.717) is 16.3 Å². The van der Waals surface area contributed by atoms with Gasteiger partial charge in [-0.1, -0.05) is 29.8 Å². The highest BCUT2D eigenvalue weighted by Crippen LogP contribution is 2.20. The summed E-state index contributed by atoms with van der Waals surface area (Å²) in [4.78, 5) is 26.6. The van der Waals surface area contributed by atoms with Crippen molar-refractivity contribution in [3.8, 4) is 11.6 Å². The van der Waals surface area contributed by atoms with E-state index in [9.17, 15) is 14.7 Å². The lowest BCUT2D eigenvalue weighted by Crippen LogP contribution is -2.21. The lowest BCUT2D eigenvalue weighted by atomic mass is 10.2. The van der Waals surface area contributed by atoms with Crippen LogP contribution in [0.3, 0.4) is 0 Å². The van der Waals surface area contributed by atoms with Crippen LogP contribution in [-0.2, 0) is 0 Å². The van der Waals surface area contributed by atoms with Gasteiger partial charge < -0.3 is 5.11 Å². The van der Waals surface area contributed by atoms with Crippen molar-refractivity contribution in [2.45, 2.75) is 0 Å². The number of rotatable bonds is 4. The molecule has 136 valence electrons. The van der Waals surface area contributed by atoms with Gasteiger partial charge in [-0.15, -0.1) is 0 Å². The molecule has 1 aromatic heterocycles. The molecular formula is C18H13ClN4O3S. The molecule has 0 unspecified atom stereocenters. The first-order chi connectivity index (χ1) is 13.0. The molecule has 0 radical (unpaired) electrons. The van der Waals surface area contributed by atoms with Crippen LogP contribution in [0.1, 0.15) is 15.9 Å². The summed E-state index contributed by atoms with van der Waals surface area (Å²) in [6, 6.07) is 15.0. The summed E-state index contributed by atoms with van der Waals surface area (Å²) in [7, 11) is 0. The molecule has 0 spiro atoms. The third-order valence-corrected chi connectivity index (χ3v) is 4.14. The van der Waals surface area contributed by atoms with Crippen LogP contribution in [0, 0.1) is 4.77 Å². The summed E-state index contributed by atoms with van der Waals surface area (Å²) in [5, 5.41) is 14.8. The van der Waals surface area contributed by atoms with E-state index in [1.165, 1.54) is 4.57 Å². The van der Waals surface area contributed by atoms with Crippen molar-refractivity contribution in [1.82, 2.24) is 15.0 Å². The third kappa shape index (κ3) is 4.13. The molecule has 0 fully saturated rings. The summed E-state index contributed by atoms with van der Waals surface area (Å²) < 4.78 is 1.26. The molecule has 3 N–H and O–H groups in total. The molecule has 0 atom stereocenters. The lowest BCUT2D eigenvalue weighted by Gasteiger charge is -2.11. The minimum Gasteiger partial charge on any atom is -0.494 e. The number of carbonyl (C=O) groups excluding carboxylic acids is 1. The highest BCUT2D eigenvalue weighted by molar-refractivity contribution is 7.71. The first-order valence-corrected chi connectivity index (χ1v) is 8.48. The van der Waals surface area contributed by atoms with Crippen molar-refractivity contribution < 1.29 is 9.90 Å². The van der Waals surface area contributed by atoms with Crippen molar-refractivity contribution in [2.75, 3.05) is 0 Å². The number of hydrazone groups is 1. The molecule has 0 aliphatic carbocycles. The van der Waals surface area contributed by atoms with Gasteiger partial charge in [0.1, 0.15) is 5.56 Å². The Morgan fingerprint density at radius 1 is 1.19 bits per heavy atom. The van der Waals surface area contributed by atoms with Gasteiger partial charge in [-0.25, -0.2) is 5.43 Å². The second kappa shape index (κ2) is 7.98. The zero-order valence-corrected chi connectivity index (χ0v) is 15.3. The average Bonchev–Trinajstić information content (AvgIpc) is 2.66. The van der Waals surface area contributed by atoms with Gasteiger partial charge in [-0.2, -0.15) is 5.10 Å². The van der Waals surface area contributed by atoms with Crippen LogP contribution in [0.25, 0.3) is 5.69 Å². The summed E-state index contributed by atoms with van der Waals surface area (Å²) in [5.41, 5.74) is 2.41. The number of aromatic nitrogens is 2. The summed E-state index contributed by atoms with van der Waals surface area (Å²) in [6.45, 7) is 0. The Morgan fingerprint density at radius 2 is 1.85 bits per heavy atom. The van der Waals surface area contributed by atoms with E-state index in [4.69, 9.17) is 23.8 Å². The monoisotopic (exact) mass is 400 g/mol. The van der Waals surface area contributed by atoms with Gasteiger partial charge in [0, 0.05) is 10.6 Å². The number of H-pyrrole nitrogens is 1. The maximum Gasteiger partial charge on any atom is 0.271 e. The highest BCUT2D eigenvalue weighted by atomic mass is 35.5. The van der Waals surface area contributed by atoms with Crippen LogP contribution < -0.4 is 11.0 Å². The Kier molecular flexibility index (Phi) is 5.49. The maximum absolute atomic E-state index is 12.1. The van der Waals surface area contributed by atoms with Crippen molar-refractivity contribution >= 4 is 35.9 Å². The second-order valence-corrected chi connectivity index (χ2v) is 6.20. The zero-order chi connectivity index (χ0) is 19.4. The quantitative estimate of drug-likeness (QED) is 0.356. The number of hydrogen-bond donors (Lipinski definition) is 3. The van der Waals surface area contributed by atoms with Crippen molar-refractivity contribution in [3.63, 3.8) is 0 Å². The predicted molar refractivity (Wildman–Crippen MR) is 105 cm³/mol. The van der Waals surface area contributed by atoms with Gasteiger partial charge in [-0.05, 0) is 48.6 Å². The number of aromatic hydroxyl groups is 1. The van der Waals surface area contributed by atoms with Crippen molar-refractivity contribution in [2.24, 2.45) is 5.10 Å². The zero-order valence-electron chi connectivity index (χ0n) is 13.7. The first-order valence-electron chi connectivity index (χ1n) is 7.70. The van der Waals surface area contributed by atoms with E-state index in [-0.39, 0.29) is 10.3 Å². The number of nitrogens with zero attached hydrogens (tertiary/aromatic N) is 2. The fourth-order valence-electron chi connectivity index (χ4n) is 2.29. The summed E-state index contributed by atoms with van der Waals surface area (Å²) >= 11 is 11.0. The van der Waals surface area contributed by atoms with Gasteiger partial charge in [0.05, 0.1) is 11.9 Å². The molecule has 9 heteroatoms. The lowest BCUT2D eigenvalue weighted by molar-refractivity contribution is 0.0955. The van der Waals surface area contributed by atoms with E-state index in [1.807, 2.05) is 0 Å². The first kappa shape index (κ1) is 18.6. The fourth-order valence-corrected chi connectivity index (χ4v) is 2.70. The summed E-state index contributed by atoms with van der Waals surface area (Å²) in [5.74, 6) is -0.864. The van der Waals surface area contributed by atoms with Crippen LogP contribution in [0.15, 0.2) is 64.5 Å². The molecule has 3 aromatic rings. The molecule has 0 saturated heterocycles. The Bertz CT molecular complexity index is 1120. The van der Waals surface area contributed by atoms with E-state index in [1.54, 1.807) is 54.6 Å². The summed E-state index contributed by atoms with van der Waals surface area (Å²) in [6.07, 6.45) is 1.05. The molecule has 7 nitrogen and oxygen atoms in total. The topological polar surface area (TPSA) is 99.5 Å². The molecule has 27 heavy (non-hydrogen) atoms. The molecular weight excluding hydrogens is 388 g/mol. The van der Waals surface area contributed by atoms with Crippen LogP contribution in [0.2, 0.25) is 5.02 Å². The molecule has 0 aliphatic rings. The van der Waals surface area contributed by atoms with Gasteiger partial charge in [0.25, 0.3) is 11.5 Å². The minimum atomic E-state index is -0.638. The third-order valence-electron chi connectivity index (χ3n) is 3.60. The Morgan fingerprint density at radius 3 is 2.52 bits per heavy atom. The normalized spacial score (nSPS) is 10.9. The number of benzene rings is 2. The number of nitrogens with one attached hydrogen (secondary N) is 2. The van der Waals surface area contributed by atoms with Crippen LogP contribution in [0.5, 0.6) is 5.88 Å². The molecule has 0 saturated carbocycles. The van der Waals surface area contributed by atoms with Gasteiger partial charge in [-0.3, -0.25) is 19.1 Å². The van der Waals surface area contributed by atoms with E-state index < -0.39 is 17.3 Å². The number of carbonyl (C=O) groups is 1. The van der Waals surface area contributed by atoms with Crippen LogP contribution in [0.4, 0.5) is 0 Å². The predicted octanol–water partition coefficient (Wildman–Crippen LogP) is 3.02. The van der Waals surface area contributed by atoms with Crippen molar-refractivity contribution in [1.29, 1.82) is 0 Å². The van der Waals surface area contributed by atoms with Gasteiger partial charge >= 0.3 is 0 Å². The van der Waals surface area contributed by atoms with Crippen molar-refractivity contribution in [3.05, 3.63) is 85.9 Å². The number of hydrogen-bond acceptors (Lipinski definition) is 5. The van der Waals surface area contributed by atoms with E-state index in [2.05, 4.69) is 15.5 Å².